The van der Waals surface area contributed by atoms with Crippen LogP contribution in [0.25, 0.3) is 0 Å². The molecule has 0 aliphatic heterocycles. The van der Waals surface area contributed by atoms with E-state index in [4.69, 9.17) is 4.74 Å². The summed E-state index contributed by atoms with van der Waals surface area (Å²) < 4.78 is 5.67. The average molecular weight is 314 g/mol. The lowest BCUT2D eigenvalue weighted by atomic mass is 9.72. The van der Waals surface area contributed by atoms with Gasteiger partial charge < -0.3 is 10.1 Å². The highest BCUT2D eigenvalue weighted by Gasteiger charge is 2.34. The highest BCUT2D eigenvalue weighted by Crippen LogP contribution is 2.35. The maximum atomic E-state index is 12.3. The molecular formula is C19H39NO2. The van der Waals surface area contributed by atoms with E-state index in [0.29, 0.717) is 5.92 Å². The fourth-order valence-corrected chi connectivity index (χ4v) is 3.25. The van der Waals surface area contributed by atoms with E-state index in [2.05, 4.69) is 67.6 Å². The van der Waals surface area contributed by atoms with Gasteiger partial charge in [-0.15, -0.1) is 0 Å². The van der Waals surface area contributed by atoms with Crippen molar-refractivity contribution in [2.24, 2.45) is 16.7 Å². The van der Waals surface area contributed by atoms with Crippen LogP contribution in [0.2, 0.25) is 0 Å². The summed E-state index contributed by atoms with van der Waals surface area (Å²) in [6, 6.07) is 0. The zero-order valence-electron chi connectivity index (χ0n) is 16.8. The number of hydrogen-bond acceptors (Lipinski definition) is 2. The van der Waals surface area contributed by atoms with Crippen LogP contribution in [-0.2, 0) is 4.74 Å². The second-order valence-electron chi connectivity index (χ2n) is 10.2. The molecule has 0 spiro atoms. The Morgan fingerprint density at radius 3 is 1.73 bits per heavy atom. The van der Waals surface area contributed by atoms with E-state index in [0.717, 1.165) is 12.8 Å². The highest BCUT2D eigenvalue weighted by atomic mass is 16.6. The van der Waals surface area contributed by atoms with Crippen molar-refractivity contribution in [3.63, 3.8) is 0 Å². The Kier molecular flexibility index (Phi) is 6.57. The van der Waals surface area contributed by atoms with Gasteiger partial charge >= 0.3 is 6.09 Å². The summed E-state index contributed by atoms with van der Waals surface area (Å²) in [5.74, 6) is 0.557. The van der Waals surface area contributed by atoms with Crippen molar-refractivity contribution < 1.29 is 9.53 Å². The van der Waals surface area contributed by atoms with Gasteiger partial charge in [0.15, 0.2) is 0 Å². The third-order valence-corrected chi connectivity index (χ3v) is 4.23. The molecule has 0 aromatic carbocycles. The number of rotatable bonds is 6. The van der Waals surface area contributed by atoms with Crippen LogP contribution in [0.5, 0.6) is 0 Å². The summed E-state index contributed by atoms with van der Waals surface area (Å²) in [4.78, 5) is 12.3. The minimum absolute atomic E-state index is 0.124. The van der Waals surface area contributed by atoms with Crippen LogP contribution in [0.3, 0.4) is 0 Å². The number of nitrogens with one attached hydrogen (secondary N) is 1. The lowest BCUT2D eigenvalue weighted by Crippen LogP contribution is -2.49. The van der Waals surface area contributed by atoms with Gasteiger partial charge in [0.05, 0.1) is 0 Å². The van der Waals surface area contributed by atoms with E-state index in [1.807, 2.05) is 13.8 Å². The molecule has 0 saturated carbocycles. The minimum Gasteiger partial charge on any atom is -0.444 e. The van der Waals surface area contributed by atoms with Crippen LogP contribution in [0.4, 0.5) is 4.79 Å². The number of hydrogen-bond donors (Lipinski definition) is 1. The predicted molar refractivity (Wildman–Crippen MR) is 95.1 cm³/mol. The molecule has 0 radical (unpaired) electrons. The first-order chi connectivity index (χ1) is 9.46. The van der Waals surface area contributed by atoms with Crippen molar-refractivity contribution in [3.8, 4) is 0 Å². The maximum absolute atomic E-state index is 12.3. The van der Waals surface area contributed by atoms with E-state index in [1.165, 1.54) is 0 Å². The van der Waals surface area contributed by atoms with Gasteiger partial charge in [0, 0.05) is 5.54 Å². The maximum Gasteiger partial charge on any atom is 0.408 e. The molecule has 0 rings (SSSR count). The fraction of sp³-hybridized carbons (Fsp3) is 0.947. The Balaban J connectivity index is 4.71. The van der Waals surface area contributed by atoms with Crippen molar-refractivity contribution in [3.05, 3.63) is 0 Å². The van der Waals surface area contributed by atoms with E-state index < -0.39 is 5.60 Å². The smallest absolute Gasteiger partial charge is 0.408 e. The number of amides is 1. The van der Waals surface area contributed by atoms with Crippen molar-refractivity contribution in [2.75, 3.05) is 0 Å². The average Bonchev–Trinajstić information content (AvgIpc) is 2.06. The van der Waals surface area contributed by atoms with E-state index in [9.17, 15) is 4.79 Å². The van der Waals surface area contributed by atoms with E-state index >= 15 is 0 Å². The quantitative estimate of drug-likeness (QED) is 0.675. The second-order valence-corrected chi connectivity index (χ2v) is 10.2. The molecule has 0 heterocycles. The first kappa shape index (κ1) is 21.3. The predicted octanol–water partition coefficient (Wildman–Crippen LogP) is 5.78. The van der Waals surface area contributed by atoms with Gasteiger partial charge in [-0.2, -0.15) is 0 Å². The van der Waals surface area contributed by atoms with E-state index in [-0.39, 0.29) is 22.5 Å². The van der Waals surface area contributed by atoms with Crippen LogP contribution in [0.15, 0.2) is 0 Å². The molecule has 0 aromatic heterocycles. The largest absolute Gasteiger partial charge is 0.444 e. The third kappa shape index (κ3) is 8.65. The minimum atomic E-state index is -0.466. The highest BCUT2D eigenvalue weighted by molar-refractivity contribution is 5.68. The molecule has 0 fully saturated rings. The summed E-state index contributed by atoms with van der Waals surface area (Å²) in [5, 5.41) is 3.05. The van der Waals surface area contributed by atoms with Crippen molar-refractivity contribution in [2.45, 2.75) is 100 Å². The summed E-state index contributed by atoms with van der Waals surface area (Å²) in [6.45, 7) is 23.5. The Hall–Kier alpha value is -0.730. The van der Waals surface area contributed by atoms with Crippen LogP contribution < -0.4 is 5.32 Å². The van der Waals surface area contributed by atoms with Crippen LogP contribution in [-0.4, -0.2) is 17.2 Å². The van der Waals surface area contributed by atoms with Gasteiger partial charge in [0.25, 0.3) is 0 Å². The molecule has 0 aromatic rings. The van der Waals surface area contributed by atoms with Gasteiger partial charge in [0.1, 0.15) is 5.60 Å². The van der Waals surface area contributed by atoms with E-state index in [1.54, 1.807) is 0 Å². The first-order valence-electron chi connectivity index (χ1n) is 8.47. The standard InChI is InChI=1S/C19H39NO2/c1-14(2)17(6,7)13-18(8,9)20-15(21)22-19(10,11)12-16(3,4)5/h14H,12-13H2,1-11H3,(H,20,21). The Labute approximate surface area is 138 Å². The third-order valence-electron chi connectivity index (χ3n) is 4.23. The van der Waals surface area contributed by atoms with Gasteiger partial charge in [-0.3, -0.25) is 0 Å². The topological polar surface area (TPSA) is 38.3 Å². The van der Waals surface area contributed by atoms with Crippen molar-refractivity contribution >= 4 is 6.09 Å². The molecule has 132 valence electrons. The molecular weight excluding hydrogens is 274 g/mol. The van der Waals surface area contributed by atoms with Gasteiger partial charge in [-0.25, -0.2) is 4.79 Å². The SMILES string of the molecule is CC(C)C(C)(C)CC(C)(C)NC(=O)OC(C)(C)CC(C)(C)C. The molecule has 0 unspecified atom stereocenters. The number of carbonyl (C=O) groups excluding carboxylic acids is 1. The summed E-state index contributed by atoms with van der Waals surface area (Å²) >= 11 is 0. The van der Waals surface area contributed by atoms with Crippen LogP contribution >= 0.6 is 0 Å². The first-order valence-corrected chi connectivity index (χ1v) is 8.47. The molecule has 3 heteroatoms. The fourth-order valence-electron chi connectivity index (χ4n) is 3.25. The van der Waals surface area contributed by atoms with Crippen molar-refractivity contribution in [1.82, 2.24) is 5.32 Å². The van der Waals surface area contributed by atoms with Crippen LogP contribution in [0.1, 0.15) is 89.0 Å². The van der Waals surface area contributed by atoms with Crippen molar-refractivity contribution in [1.29, 1.82) is 0 Å². The molecule has 0 aliphatic rings. The van der Waals surface area contributed by atoms with Gasteiger partial charge in [-0.1, -0.05) is 48.5 Å². The normalized spacial score (nSPS) is 14.2. The monoisotopic (exact) mass is 313 g/mol. The Bertz CT molecular complexity index is 373. The number of ether oxygens (including phenoxy) is 1. The summed E-state index contributed by atoms with van der Waals surface area (Å²) in [5.41, 5.74) is -0.467. The summed E-state index contributed by atoms with van der Waals surface area (Å²) in [6.07, 6.45) is 1.41. The zero-order chi connectivity index (χ0) is 18.0. The zero-order valence-corrected chi connectivity index (χ0v) is 16.8. The lowest BCUT2D eigenvalue weighted by molar-refractivity contribution is 0.00456. The molecule has 22 heavy (non-hydrogen) atoms. The molecule has 0 aliphatic carbocycles. The second kappa shape index (κ2) is 6.80. The van der Waals surface area contributed by atoms with Crippen LogP contribution in [0, 0.1) is 16.7 Å². The summed E-state index contributed by atoms with van der Waals surface area (Å²) in [7, 11) is 0. The van der Waals surface area contributed by atoms with Gasteiger partial charge in [-0.05, 0) is 57.3 Å². The molecule has 3 nitrogen and oxygen atoms in total. The lowest BCUT2D eigenvalue weighted by Gasteiger charge is -2.39. The molecule has 0 bridgehead atoms. The number of carbonyl (C=O) groups is 1. The Morgan fingerprint density at radius 1 is 0.909 bits per heavy atom. The molecule has 0 saturated heterocycles. The molecule has 1 amide bonds. The molecule has 0 atom stereocenters. The van der Waals surface area contributed by atoms with Gasteiger partial charge in [0.2, 0.25) is 0 Å². The molecule has 1 N–H and O–H groups in total. The Morgan fingerprint density at radius 2 is 1.36 bits per heavy atom. The number of alkyl carbamates (subject to hydrolysis) is 1.